The van der Waals surface area contributed by atoms with Crippen LogP contribution in [0.5, 0.6) is 0 Å². The average molecular weight is 657 g/mol. The van der Waals surface area contributed by atoms with Crippen LogP contribution in [0.2, 0.25) is 0 Å². The fraction of sp³-hybridized carbons (Fsp3) is 0.552. The molecule has 2 atom stereocenters. The third kappa shape index (κ3) is 4.80. The van der Waals surface area contributed by atoms with Crippen LogP contribution in [-0.2, 0) is 20.1 Å². The molecule has 2 aliphatic rings. The number of aromatic nitrogens is 1. The first kappa shape index (κ1) is 27.5. The Hall–Kier alpha value is -1.10. The molecule has 0 bridgehead atoms. The Morgan fingerprint density at radius 2 is 1.44 bits per heavy atom. The number of aliphatic hydroxyl groups is 2. The van der Waals surface area contributed by atoms with Crippen LogP contribution in [0, 0.1) is 28.7 Å². The summed E-state index contributed by atoms with van der Waals surface area (Å²) in [4.78, 5) is 4.57. The number of hydrogen-bond acceptors (Lipinski definition) is 4. The SMILES string of the molecule is CCC1(CC)CC2CC(CC)(CC)C(O)C2C1O.[Ir].[c-]1ccccc1-c1nc2ccccc2s1. The molecule has 1 heterocycles. The maximum atomic E-state index is 10.7. The summed E-state index contributed by atoms with van der Waals surface area (Å²) in [6, 6.07) is 19.3. The number of hydrogen-bond donors (Lipinski definition) is 2. The van der Waals surface area contributed by atoms with E-state index in [-0.39, 0.29) is 49.1 Å². The van der Waals surface area contributed by atoms with Crippen molar-refractivity contribution >= 4 is 21.6 Å². The van der Waals surface area contributed by atoms with Gasteiger partial charge >= 0.3 is 0 Å². The van der Waals surface area contributed by atoms with Crippen LogP contribution in [0.3, 0.4) is 0 Å². The molecule has 3 aromatic rings. The number of thiazole rings is 1. The Kier molecular flexibility index (Phi) is 9.14. The van der Waals surface area contributed by atoms with E-state index in [1.807, 2.05) is 42.5 Å². The Bertz CT molecular complexity index is 983. The van der Waals surface area contributed by atoms with Crippen molar-refractivity contribution in [3.05, 3.63) is 54.6 Å². The van der Waals surface area contributed by atoms with Gasteiger partial charge in [0.25, 0.3) is 0 Å². The quantitative estimate of drug-likeness (QED) is 0.288. The second kappa shape index (κ2) is 11.3. The maximum Gasteiger partial charge on any atom is 0.0697 e. The number of nitrogens with zero attached hydrogens (tertiary/aromatic N) is 1. The number of aliphatic hydroxyl groups excluding tert-OH is 2. The molecule has 2 saturated carbocycles. The van der Waals surface area contributed by atoms with E-state index >= 15 is 0 Å². The zero-order valence-corrected chi connectivity index (χ0v) is 24.0. The molecular weight excluding hydrogens is 619 g/mol. The molecule has 5 rings (SSSR count). The van der Waals surface area contributed by atoms with Gasteiger partial charge in [0.05, 0.1) is 17.7 Å². The monoisotopic (exact) mass is 657 g/mol. The van der Waals surface area contributed by atoms with E-state index in [9.17, 15) is 10.2 Å². The van der Waals surface area contributed by atoms with Gasteiger partial charge in [-0.1, -0.05) is 39.8 Å². The fourth-order valence-electron chi connectivity index (χ4n) is 6.56. The summed E-state index contributed by atoms with van der Waals surface area (Å²) in [6.45, 7) is 8.75. The summed E-state index contributed by atoms with van der Waals surface area (Å²) in [7, 11) is 0. The topological polar surface area (TPSA) is 53.4 Å². The first-order valence-electron chi connectivity index (χ1n) is 12.6. The molecule has 3 nitrogen and oxygen atoms in total. The van der Waals surface area contributed by atoms with Crippen molar-refractivity contribution in [2.75, 3.05) is 0 Å². The smallest absolute Gasteiger partial charge is 0.0697 e. The van der Waals surface area contributed by atoms with E-state index < -0.39 is 0 Å². The van der Waals surface area contributed by atoms with Crippen LogP contribution < -0.4 is 0 Å². The third-order valence-corrected chi connectivity index (χ3v) is 9.99. The zero-order chi connectivity index (χ0) is 23.6. The molecule has 187 valence electrons. The van der Waals surface area contributed by atoms with Crippen molar-refractivity contribution in [1.29, 1.82) is 0 Å². The Morgan fingerprint density at radius 3 is 1.91 bits per heavy atom. The van der Waals surface area contributed by atoms with Gasteiger partial charge in [-0.05, 0) is 67.4 Å². The Labute approximate surface area is 222 Å². The second-order valence-electron chi connectivity index (χ2n) is 10.0. The first-order chi connectivity index (χ1) is 15.9. The minimum absolute atomic E-state index is 0. The molecular formula is C29H38IrNO2S-. The maximum absolute atomic E-state index is 10.7. The van der Waals surface area contributed by atoms with Gasteiger partial charge in [-0.3, -0.25) is 4.98 Å². The van der Waals surface area contributed by atoms with Gasteiger partial charge in [-0.25, -0.2) is 0 Å². The molecule has 5 heteroatoms. The summed E-state index contributed by atoms with van der Waals surface area (Å²) in [5, 5.41) is 22.5. The van der Waals surface area contributed by atoms with E-state index in [4.69, 9.17) is 0 Å². The minimum atomic E-state index is -0.299. The molecule has 2 fully saturated rings. The number of fused-ring (bicyclic) bond motifs is 2. The summed E-state index contributed by atoms with van der Waals surface area (Å²) in [5.74, 6) is 0.666. The van der Waals surface area contributed by atoms with E-state index in [1.165, 1.54) is 4.70 Å². The van der Waals surface area contributed by atoms with Crippen molar-refractivity contribution in [2.45, 2.75) is 78.4 Å². The van der Waals surface area contributed by atoms with Gasteiger partial charge in [0.15, 0.2) is 0 Å². The van der Waals surface area contributed by atoms with Crippen LogP contribution in [0.25, 0.3) is 20.8 Å². The van der Waals surface area contributed by atoms with Crippen LogP contribution in [0.4, 0.5) is 0 Å². The van der Waals surface area contributed by atoms with Crippen molar-refractivity contribution in [3.8, 4) is 10.6 Å². The van der Waals surface area contributed by atoms with Crippen LogP contribution in [0.1, 0.15) is 66.2 Å². The minimum Gasteiger partial charge on any atom is -0.392 e. The predicted octanol–water partition coefficient (Wildman–Crippen LogP) is 7.12. The second-order valence-corrected chi connectivity index (χ2v) is 11.1. The van der Waals surface area contributed by atoms with Crippen LogP contribution in [-0.4, -0.2) is 27.4 Å². The summed E-state index contributed by atoms with van der Waals surface area (Å²) >= 11 is 1.71. The molecule has 1 radical (unpaired) electrons. The number of benzene rings is 2. The normalized spacial score (nSPS) is 26.4. The molecule has 34 heavy (non-hydrogen) atoms. The van der Waals surface area contributed by atoms with Gasteiger partial charge in [0, 0.05) is 35.7 Å². The van der Waals surface area contributed by atoms with Crippen LogP contribution in [0.15, 0.2) is 48.5 Å². The van der Waals surface area contributed by atoms with Crippen molar-refractivity contribution < 1.29 is 30.3 Å². The molecule has 0 amide bonds. The largest absolute Gasteiger partial charge is 0.392 e. The molecule has 2 aromatic carbocycles. The van der Waals surface area contributed by atoms with Crippen molar-refractivity contribution in [1.82, 2.24) is 4.98 Å². The van der Waals surface area contributed by atoms with E-state index in [2.05, 4.69) is 44.8 Å². The fourth-order valence-corrected chi connectivity index (χ4v) is 7.52. The Morgan fingerprint density at radius 1 is 0.882 bits per heavy atom. The van der Waals surface area contributed by atoms with Gasteiger partial charge in [-0.2, -0.15) is 11.3 Å². The first-order valence-corrected chi connectivity index (χ1v) is 13.4. The molecule has 2 unspecified atom stereocenters. The summed E-state index contributed by atoms with van der Waals surface area (Å²) in [6.07, 6.45) is 5.78. The molecule has 0 aliphatic heterocycles. The Balaban J connectivity index is 0.000000187. The van der Waals surface area contributed by atoms with E-state index in [0.717, 1.165) is 54.6 Å². The van der Waals surface area contributed by atoms with Crippen LogP contribution >= 0.6 is 11.3 Å². The standard InChI is InChI=1S/C16H30O2.C13H8NS.Ir/c1-5-15(6-2)9-11-10-16(7-3,8-4)14(18)12(11)13(15)17;1-2-6-10(7-3-1)13-14-11-8-4-5-9-12(11)15-13;/h11-14,17-18H,5-10H2,1-4H3;1-6,8-9H;/q;-1;. The van der Waals surface area contributed by atoms with E-state index in [1.54, 1.807) is 11.3 Å². The number of para-hydroxylation sites is 1. The zero-order valence-electron chi connectivity index (χ0n) is 20.8. The predicted molar refractivity (Wildman–Crippen MR) is 138 cm³/mol. The molecule has 0 saturated heterocycles. The molecule has 1 aromatic heterocycles. The van der Waals surface area contributed by atoms with Crippen molar-refractivity contribution in [2.24, 2.45) is 22.7 Å². The molecule has 0 spiro atoms. The van der Waals surface area contributed by atoms with Gasteiger partial charge < -0.3 is 10.2 Å². The van der Waals surface area contributed by atoms with Gasteiger partial charge in [0.1, 0.15) is 0 Å². The average Bonchev–Trinajstić information content (AvgIpc) is 3.50. The molecule has 2 N–H and O–H groups in total. The van der Waals surface area contributed by atoms with Gasteiger partial charge in [0.2, 0.25) is 0 Å². The summed E-state index contributed by atoms with van der Waals surface area (Å²) in [5.41, 5.74) is 2.28. The van der Waals surface area contributed by atoms with E-state index in [0.29, 0.717) is 5.92 Å². The van der Waals surface area contributed by atoms with Crippen molar-refractivity contribution in [3.63, 3.8) is 0 Å². The molecule has 2 aliphatic carbocycles. The number of rotatable bonds is 5. The summed E-state index contributed by atoms with van der Waals surface area (Å²) < 4.78 is 1.23. The van der Waals surface area contributed by atoms with Gasteiger partial charge in [-0.15, -0.1) is 35.9 Å². The third-order valence-electron chi connectivity index (χ3n) is 8.92.